The summed E-state index contributed by atoms with van der Waals surface area (Å²) in [6, 6.07) is 17.5. The van der Waals surface area contributed by atoms with E-state index in [-0.39, 0.29) is 11.7 Å². The first-order chi connectivity index (χ1) is 12.6. The molecule has 0 aliphatic rings. The fourth-order valence-electron chi connectivity index (χ4n) is 2.63. The maximum Gasteiger partial charge on any atom is 0.268 e. The van der Waals surface area contributed by atoms with Gasteiger partial charge in [0.15, 0.2) is 0 Å². The molecule has 0 unspecified atom stereocenters. The number of pyridine rings is 1. The van der Waals surface area contributed by atoms with Crippen LogP contribution in [0.1, 0.15) is 15.4 Å². The van der Waals surface area contributed by atoms with Crippen LogP contribution in [0.4, 0.5) is 10.2 Å². The van der Waals surface area contributed by atoms with Crippen LogP contribution in [0.3, 0.4) is 0 Å². The van der Waals surface area contributed by atoms with E-state index >= 15 is 0 Å². The number of carbonyl (C=O) groups is 1. The largest absolute Gasteiger partial charge is 0.306 e. The topological polar surface area (TPSA) is 54.9 Å². The first kappa shape index (κ1) is 16.4. The number of thiazole rings is 1. The molecule has 0 saturated heterocycles. The van der Waals surface area contributed by atoms with E-state index in [4.69, 9.17) is 0 Å². The Balaban J connectivity index is 1.60. The number of halogens is 1. The zero-order valence-electron chi connectivity index (χ0n) is 13.9. The van der Waals surface area contributed by atoms with Gasteiger partial charge in [-0.3, -0.25) is 4.79 Å². The SMILES string of the molecule is Cc1nc(-c2ccc(F)cc2)sc1C(=O)Nc1ccc2ccccc2n1. The van der Waals surface area contributed by atoms with Crippen molar-refractivity contribution < 1.29 is 9.18 Å². The third-order valence-electron chi connectivity index (χ3n) is 3.93. The molecule has 2 aromatic carbocycles. The number of benzene rings is 2. The number of para-hydroxylation sites is 1. The predicted molar refractivity (Wildman–Crippen MR) is 102 cm³/mol. The quantitative estimate of drug-likeness (QED) is 0.554. The molecule has 4 nitrogen and oxygen atoms in total. The second-order valence-electron chi connectivity index (χ2n) is 5.78. The van der Waals surface area contributed by atoms with Crippen molar-refractivity contribution in [1.82, 2.24) is 9.97 Å². The van der Waals surface area contributed by atoms with Crippen LogP contribution in [0, 0.1) is 12.7 Å². The summed E-state index contributed by atoms with van der Waals surface area (Å²) in [7, 11) is 0. The summed E-state index contributed by atoms with van der Waals surface area (Å²) in [5.41, 5.74) is 2.23. The van der Waals surface area contributed by atoms with E-state index in [1.807, 2.05) is 30.3 Å². The molecule has 1 N–H and O–H groups in total. The molecule has 26 heavy (non-hydrogen) atoms. The fourth-order valence-corrected chi connectivity index (χ4v) is 3.60. The summed E-state index contributed by atoms with van der Waals surface area (Å²) >= 11 is 1.28. The van der Waals surface area contributed by atoms with E-state index in [0.717, 1.165) is 16.5 Å². The minimum absolute atomic E-state index is 0.254. The monoisotopic (exact) mass is 363 g/mol. The molecule has 1 amide bonds. The maximum absolute atomic E-state index is 13.1. The van der Waals surface area contributed by atoms with Gasteiger partial charge in [-0.1, -0.05) is 18.2 Å². The highest BCUT2D eigenvalue weighted by atomic mass is 32.1. The number of aryl methyl sites for hydroxylation is 1. The van der Waals surface area contributed by atoms with Crippen LogP contribution in [-0.2, 0) is 0 Å². The Morgan fingerprint density at radius 1 is 1.00 bits per heavy atom. The van der Waals surface area contributed by atoms with Crippen LogP contribution in [-0.4, -0.2) is 15.9 Å². The van der Waals surface area contributed by atoms with Crippen molar-refractivity contribution in [2.45, 2.75) is 6.92 Å². The van der Waals surface area contributed by atoms with Crippen LogP contribution in [0.25, 0.3) is 21.5 Å². The Morgan fingerprint density at radius 2 is 1.77 bits per heavy atom. The number of carbonyl (C=O) groups excluding carboxylic acids is 1. The first-order valence-electron chi connectivity index (χ1n) is 8.01. The van der Waals surface area contributed by atoms with Gasteiger partial charge in [0.05, 0.1) is 11.2 Å². The molecular weight excluding hydrogens is 349 g/mol. The van der Waals surface area contributed by atoms with E-state index < -0.39 is 0 Å². The van der Waals surface area contributed by atoms with Crippen molar-refractivity contribution in [3.05, 3.63) is 77.1 Å². The second-order valence-corrected chi connectivity index (χ2v) is 6.78. The van der Waals surface area contributed by atoms with Crippen LogP contribution in [0.2, 0.25) is 0 Å². The number of nitrogens with zero attached hydrogens (tertiary/aromatic N) is 2. The van der Waals surface area contributed by atoms with Gasteiger partial charge in [0.25, 0.3) is 5.91 Å². The molecule has 0 spiro atoms. The third kappa shape index (κ3) is 3.19. The molecule has 0 saturated carbocycles. The molecular formula is C20H14FN3OS. The van der Waals surface area contributed by atoms with Crippen molar-refractivity contribution in [3.8, 4) is 10.6 Å². The van der Waals surface area contributed by atoms with Crippen molar-refractivity contribution in [3.63, 3.8) is 0 Å². The summed E-state index contributed by atoms with van der Waals surface area (Å²) < 4.78 is 13.1. The maximum atomic E-state index is 13.1. The normalized spacial score (nSPS) is 10.8. The van der Waals surface area contributed by atoms with Gasteiger partial charge in [-0.05, 0) is 49.4 Å². The van der Waals surface area contributed by atoms with Crippen LogP contribution >= 0.6 is 11.3 Å². The standard InChI is InChI=1S/C20H14FN3OS/c1-12-18(26-20(22-12)14-6-9-15(21)10-7-14)19(25)24-17-11-8-13-4-2-3-5-16(13)23-17/h2-11H,1H3,(H,23,24,25). The van der Waals surface area contributed by atoms with Gasteiger partial charge >= 0.3 is 0 Å². The number of hydrogen-bond donors (Lipinski definition) is 1. The summed E-state index contributed by atoms with van der Waals surface area (Å²) in [5.74, 6) is -0.0663. The Kier molecular flexibility index (Phi) is 4.18. The summed E-state index contributed by atoms with van der Waals surface area (Å²) in [5, 5.41) is 4.52. The minimum Gasteiger partial charge on any atom is -0.306 e. The van der Waals surface area contributed by atoms with Crippen LogP contribution < -0.4 is 5.32 Å². The Morgan fingerprint density at radius 3 is 2.58 bits per heavy atom. The molecule has 0 bridgehead atoms. The number of hydrogen-bond acceptors (Lipinski definition) is 4. The van der Waals surface area contributed by atoms with Gasteiger partial charge in [0.2, 0.25) is 0 Å². The summed E-state index contributed by atoms with van der Waals surface area (Å²) in [6.07, 6.45) is 0. The molecule has 2 aromatic heterocycles. The smallest absolute Gasteiger partial charge is 0.268 e. The lowest BCUT2D eigenvalue weighted by atomic mass is 10.2. The van der Waals surface area contributed by atoms with Gasteiger partial charge in [-0.2, -0.15) is 0 Å². The zero-order valence-corrected chi connectivity index (χ0v) is 14.7. The molecule has 2 heterocycles. The number of anilines is 1. The van der Waals surface area contributed by atoms with Crippen LogP contribution in [0.5, 0.6) is 0 Å². The number of nitrogens with one attached hydrogen (secondary N) is 1. The fraction of sp³-hybridized carbons (Fsp3) is 0.0500. The second kappa shape index (κ2) is 6.65. The highest BCUT2D eigenvalue weighted by molar-refractivity contribution is 7.17. The average Bonchev–Trinajstić information content (AvgIpc) is 3.04. The molecule has 128 valence electrons. The van der Waals surface area contributed by atoms with Crippen molar-refractivity contribution in [2.75, 3.05) is 5.32 Å². The first-order valence-corrected chi connectivity index (χ1v) is 8.82. The van der Waals surface area contributed by atoms with Gasteiger partial charge in [0.1, 0.15) is 21.5 Å². The molecule has 0 radical (unpaired) electrons. The van der Waals surface area contributed by atoms with Gasteiger partial charge < -0.3 is 5.32 Å². The highest BCUT2D eigenvalue weighted by Crippen LogP contribution is 2.28. The number of amides is 1. The molecule has 0 aliphatic carbocycles. The molecule has 4 rings (SSSR count). The number of fused-ring (bicyclic) bond motifs is 1. The van der Waals surface area contributed by atoms with Crippen molar-refractivity contribution in [2.24, 2.45) is 0 Å². The van der Waals surface area contributed by atoms with E-state index in [9.17, 15) is 9.18 Å². The Hall–Kier alpha value is -3.12. The Labute approximate surface area is 153 Å². The van der Waals surface area contributed by atoms with Crippen molar-refractivity contribution >= 4 is 34.0 Å². The van der Waals surface area contributed by atoms with Crippen molar-refractivity contribution in [1.29, 1.82) is 0 Å². The van der Waals surface area contributed by atoms with Gasteiger partial charge in [-0.15, -0.1) is 11.3 Å². The Bertz CT molecular complexity index is 1110. The lowest BCUT2D eigenvalue weighted by Gasteiger charge is -2.04. The molecule has 6 heteroatoms. The molecule has 0 atom stereocenters. The van der Waals surface area contributed by atoms with Crippen LogP contribution in [0.15, 0.2) is 60.7 Å². The van der Waals surface area contributed by atoms with E-state index in [1.54, 1.807) is 25.1 Å². The lowest BCUT2D eigenvalue weighted by Crippen LogP contribution is -2.12. The van der Waals surface area contributed by atoms with Gasteiger partial charge in [-0.25, -0.2) is 14.4 Å². The summed E-state index contributed by atoms with van der Waals surface area (Å²) in [6.45, 7) is 1.78. The molecule has 4 aromatic rings. The highest BCUT2D eigenvalue weighted by Gasteiger charge is 2.17. The average molecular weight is 363 g/mol. The predicted octanol–water partition coefficient (Wildman–Crippen LogP) is 5.06. The molecule has 0 aliphatic heterocycles. The van der Waals surface area contributed by atoms with Gasteiger partial charge in [0, 0.05) is 10.9 Å². The third-order valence-corrected chi connectivity index (χ3v) is 5.14. The zero-order chi connectivity index (χ0) is 18.1. The minimum atomic E-state index is -0.303. The number of aromatic nitrogens is 2. The van der Waals surface area contributed by atoms with E-state index in [1.165, 1.54) is 23.5 Å². The van der Waals surface area contributed by atoms with E-state index in [2.05, 4.69) is 15.3 Å². The summed E-state index contributed by atoms with van der Waals surface area (Å²) in [4.78, 5) is 22.0. The van der Waals surface area contributed by atoms with E-state index in [0.29, 0.717) is 21.4 Å². The number of rotatable bonds is 3. The molecule has 0 fully saturated rings. The lowest BCUT2D eigenvalue weighted by molar-refractivity contribution is 0.102.